The average Bonchev–Trinajstić information content (AvgIpc) is 2.54. The third kappa shape index (κ3) is 2.10. The van der Waals surface area contributed by atoms with Gasteiger partial charge in [-0.2, -0.15) is 0 Å². The first-order valence-electron chi connectivity index (χ1n) is 6.71. The highest BCUT2D eigenvalue weighted by Crippen LogP contribution is 2.30. The van der Waals surface area contributed by atoms with E-state index >= 15 is 0 Å². The van der Waals surface area contributed by atoms with E-state index in [-0.39, 0.29) is 0 Å². The lowest BCUT2D eigenvalue weighted by Gasteiger charge is -2.07. The molecule has 2 aromatic carbocycles. The van der Waals surface area contributed by atoms with Gasteiger partial charge in [-0.25, -0.2) is 0 Å². The number of benzene rings is 2. The van der Waals surface area contributed by atoms with Crippen LogP contribution in [-0.2, 0) is 0 Å². The molecule has 0 aliphatic heterocycles. The smallest absolute Gasteiger partial charge is 0.0964 e. The fraction of sp³-hybridized carbons (Fsp3) is 0. The van der Waals surface area contributed by atoms with Crippen LogP contribution in [0.15, 0.2) is 71.5 Å². The van der Waals surface area contributed by atoms with Gasteiger partial charge in [0.15, 0.2) is 0 Å². The van der Waals surface area contributed by atoms with Gasteiger partial charge in [-0.1, -0.05) is 52.3 Å². The summed E-state index contributed by atoms with van der Waals surface area (Å²) in [6, 6.07) is 18.5. The average molecular weight is 335 g/mol. The fourth-order valence-corrected chi connectivity index (χ4v) is 3.09. The predicted octanol–water partition coefficient (Wildman–Crippen LogP) is 5.21. The van der Waals surface area contributed by atoms with Gasteiger partial charge >= 0.3 is 0 Å². The van der Waals surface area contributed by atoms with Crippen molar-refractivity contribution in [3.8, 4) is 11.1 Å². The number of fused-ring (bicyclic) bond motifs is 3. The van der Waals surface area contributed by atoms with Crippen molar-refractivity contribution in [2.75, 3.05) is 0 Å². The maximum absolute atomic E-state index is 4.64. The Hall–Kier alpha value is -2.26. The first kappa shape index (κ1) is 12.5. The van der Waals surface area contributed by atoms with Crippen LogP contribution in [0.5, 0.6) is 0 Å². The molecule has 0 N–H and O–H groups in total. The molecule has 0 unspecified atom stereocenters. The maximum Gasteiger partial charge on any atom is 0.0964 e. The lowest BCUT2D eigenvalue weighted by molar-refractivity contribution is 1.37. The molecule has 4 aromatic rings. The van der Waals surface area contributed by atoms with Crippen molar-refractivity contribution >= 4 is 37.7 Å². The third-order valence-corrected chi connectivity index (χ3v) is 4.30. The maximum atomic E-state index is 4.64. The normalized spacial score (nSPS) is 11.1. The molecule has 0 spiro atoms. The molecule has 0 saturated heterocycles. The molecule has 0 aliphatic carbocycles. The Labute approximate surface area is 130 Å². The monoisotopic (exact) mass is 334 g/mol. The Morgan fingerprint density at radius 1 is 0.762 bits per heavy atom. The van der Waals surface area contributed by atoms with E-state index in [4.69, 9.17) is 0 Å². The van der Waals surface area contributed by atoms with Gasteiger partial charge in [0.1, 0.15) is 0 Å². The Balaban J connectivity index is 1.99. The van der Waals surface area contributed by atoms with Gasteiger partial charge < -0.3 is 0 Å². The van der Waals surface area contributed by atoms with Crippen LogP contribution >= 0.6 is 15.9 Å². The van der Waals surface area contributed by atoms with Crippen molar-refractivity contribution in [1.29, 1.82) is 0 Å². The Bertz CT molecular complexity index is 963. The van der Waals surface area contributed by atoms with Crippen LogP contribution in [0.3, 0.4) is 0 Å². The fourth-order valence-electron chi connectivity index (χ4n) is 2.58. The highest BCUT2D eigenvalue weighted by atomic mass is 79.9. The van der Waals surface area contributed by atoms with Crippen LogP contribution in [0.25, 0.3) is 32.9 Å². The van der Waals surface area contributed by atoms with Crippen LogP contribution < -0.4 is 0 Å². The van der Waals surface area contributed by atoms with Crippen molar-refractivity contribution in [1.82, 2.24) is 9.97 Å². The van der Waals surface area contributed by atoms with Crippen LogP contribution in [0.1, 0.15) is 0 Å². The molecular weight excluding hydrogens is 324 g/mol. The summed E-state index contributed by atoms with van der Waals surface area (Å²) >= 11 is 3.60. The number of aromatic nitrogens is 2. The Morgan fingerprint density at radius 3 is 2.48 bits per heavy atom. The van der Waals surface area contributed by atoms with Gasteiger partial charge in [-0.05, 0) is 23.8 Å². The number of rotatable bonds is 1. The molecule has 3 heteroatoms. The van der Waals surface area contributed by atoms with Crippen LogP contribution in [0, 0.1) is 0 Å². The van der Waals surface area contributed by atoms with Gasteiger partial charge in [0, 0.05) is 33.2 Å². The number of hydrogen-bond acceptors (Lipinski definition) is 2. The quantitative estimate of drug-likeness (QED) is 0.446. The van der Waals surface area contributed by atoms with E-state index in [9.17, 15) is 0 Å². The van der Waals surface area contributed by atoms with E-state index in [1.165, 1.54) is 0 Å². The number of halogens is 1. The van der Waals surface area contributed by atoms with E-state index in [0.29, 0.717) is 0 Å². The zero-order chi connectivity index (χ0) is 14.2. The van der Waals surface area contributed by atoms with E-state index in [2.05, 4.69) is 56.2 Å². The van der Waals surface area contributed by atoms with Gasteiger partial charge in [-0.15, -0.1) is 0 Å². The molecule has 0 amide bonds. The van der Waals surface area contributed by atoms with Crippen molar-refractivity contribution < 1.29 is 0 Å². The number of pyridine rings is 2. The molecule has 0 saturated carbocycles. The van der Waals surface area contributed by atoms with Crippen LogP contribution in [0.2, 0.25) is 0 Å². The Morgan fingerprint density at radius 2 is 1.57 bits per heavy atom. The summed E-state index contributed by atoms with van der Waals surface area (Å²) in [4.78, 5) is 9.10. The minimum atomic E-state index is 0.948. The molecule has 21 heavy (non-hydrogen) atoms. The summed E-state index contributed by atoms with van der Waals surface area (Å²) in [6.45, 7) is 0. The van der Waals surface area contributed by atoms with E-state index < -0.39 is 0 Å². The van der Waals surface area contributed by atoms with Crippen molar-refractivity contribution in [2.45, 2.75) is 0 Å². The molecule has 2 heterocycles. The minimum absolute atomic E-state index is 0.948. The molecule has 2 aromatic heterocycles. The Kier molecular flexibility index (Phi) is 2.93. The van der Waals surface area contributed by atoms with Crippen LogP contribution in [-0.4, -0.2) is 9.97 Å². The SMILES string of the molecule is Brc1ccccc1-c1cnc2c(ccc3cccnc32)c1. The summed E-state index contributed by atoms with van der Waals surface area (Å²) in [5, 5.41) is 2.22. The van der Waals surface area contributed by atoms with Crippen molar-refractivity contribution in [2.24, 2.45) is 0 Å². The summed E-state index contributed by atoms with van der Waals surface area (Å²) in [5.41, 5.74) is 4.15. The second-order valence-corrected chi connectivity index (χ2v) is 5.77. The largest absolute Gasteiger partial charge is 0.254 e. The van der Waals surface area contributed by atoms with E-state index in [1.54, 1.807) is 0 Å². The molecule has 2 nitrogen and oxygen atoms in total. The van der Waals surface area contributed by atoms with E-state index in [1.807, 2.05) is 36.7 Å². The first-order valence-corrected chi connectivity index (χ1v) is 7.50. The minimum Gasteiger partial charge on any atom is -0.254 e. The molecule has 0 aliphatic rings. The first-order chi connectivity index (χ1) is 10.3. The topological polar surface area (TPSA) is 25.8 Å². The summed E-state index contributed by atoms with van der Waals surface area (Å²) < 4.78 is 1.07. The molecule has 0 bridgehead atoms. The predicted molar refractivity (Wildman–Crippen MR) is 90.2 cm³/mol. The van der Waals surface area contributed by atoms with Gasteiger partial charge in [0.05, 0.1) is 11.0 Å². The second kappa shape index (κ2) is 4.93. The standard InChI is InChI=1S/C18H11BrN2/c19-16-6-2-1-5-15(16)14-10-13-8-7-12-4-3-9-20-17(12)18(13)21-11-14/h1-11H. The molecule has 0 radical (unpaired) electrons. The van der Waals surface area contributed by atoms with E-state index in [0.717, 1.165) is 37.4 Å². The third-order valence-electron chi connectivity index (χ3n) is 3.61. The van der Waals surface area contributed by atoms with Crippen molar-refractivity contribution in [3.63, 3.8) is 0 Å². The summed E-state index contributed by atoms with van der Waals surface area (Å²) in [7, 11) is 0. The lowest BCUT2D eigenvalue weighted by Crippen LogP contribution is -1.87. The zero-order valence-corrected chi connectivity index (χ0v) is 12.7. The molecular formula is C18H11BrN2. The highest BCUT2D eigenvalue weighted by molar-refractivity contribution is 9.10. The lowest BCUT2D eigenvalue weighted by atomic mass is 10.0. The van der Waals surface area contributed by atoms with Crippen LogP contribution in [0.4, 0.5) is 0 Å². The zero-order valence-electron chi connectivity index (χ0n) is 11.1. The number of nitrogens with zero attached hydrogens (tertiary/aromatic N) is 2. The van der Waals surface area contributed by atoms with Gasteiger partial charge in [-0.3, -0.25) is 9.97 Å². The molecule has 0 atom stereocenters. The highest BCUT2D eigenvalue weighted by Gasteiger charge is 2.07. The summed E-state index contributed by atoms with van der Waals surface area (Å²) in [5.74, 6) is 0. The van der Waals surface area contributed by atoms with Crippen molar-refractivity contribution in [3.05, 3.63) is 71.5 Å². The van der Waals surface area contributed by atoms with Gasteiger partial charge in [0.25, 0.3) is 0 Å². The molecule has 100 valence electrons. The second-order valence-electron chi connectivity index (χ2n) is 4.92. The number of hydrogen-bond donors (Lipinski definition) is 0. The molecule has 4 rings (SSSR count). The van der Waals surface area contributed by atoms with Gasteiger partial charge in [0.2, 0.25) is 0 Å². The summed E-state index contributed by atoms with van der Waals surface area (Å²) in [6.07, 6.45) is 3.72. The molecule has 0 fully saturated rings.